The van der Waals surface area contributed by atoms with Gasteiger partial charge >= 0.3 is 0 Å². The van der Waals surface area contributed by atoms with Gasteiger partial charge < -0.3 is 0 Å². The summed E-state index contributed by atoms with van der Waals surface area (Å²) in [5.41, 5.74) is 0. The maximum atomic E-state index is 11.7. The Morgan fingerprint density at radius 2 is 1.33 bits per heavy atom. The van der Waals surface area contributed by atoms with Gasteiger partial charge in [0.15, 0.2) is 0 Å². The van der Waals surface area contributed by atoms with Crippen molar-refractivity contribution in [3.05, 3.63) is 0 Å². The van der Waals surface area contributed by atoms with E-state index in [1.165, 1.54) is 0 Å². The van der Waals surface area contributed by atoms with E-state index >= 15 is 0 Å². The van der Waals surface area contributed by atoms with Gasteiger partial charge in [-0.3, -0.25) is 9.69 Å². The molecular formula is C10H19NO. The van der Waals surface area contributed by atoms with Gasteiger partial charge in [-0.2, -0.15) is 0 Å². The number of hydrogen-bond donors (Lipinski definition) is 0. The predicted octanol–water partition coefficient (Wildman–Crippen LogP) is 1.55. The lowest BCUT2D eigenvalue weighted by atomic mass is 9.80. The van der Waals surface area contributed by atoms with Crippen LogP contribution in [0.3, 0.4) is 0 Å². The molecule has 0 spiro atoms. The van der Waals surface area contributed by atoms with E-state index in [1.807, 2.05) is 13.8 Å². The van der Waals surface area contributed by atoms with Gasteiger partial charge in [0.1, 0.15) is 5.78 Å². The fourth-order valence-corrected chi connectivity index (χ4v) is 1.97. The van der Waals surface area contributed by atoms with Crippen LogP contribution >= 0.6 is 0 Å². The second-order valence-electron chi connectivity index (χ2n) is 4.13. The second kappa shape index (κ2) is 3.17. The summed E-state index contributed by atoms with van der Waals surface area (Å²) in [6, 6.07) is 0.785. The van der Waals surface area contributed by atoms with Gasteiger partial charge in [-0.1, -0.05) is 13.8 Å². The molecule has 0 bridgehead atoms. The number of hydrogen-bond acceptors (Lipinski definition) is 2. The normalized spacial score (nSPS) is 44.9. The quantitative estimate of drug-likeness (QED) is 0.548. The largest absolute Gasteiger partial charge is 0.300 e. The SMILES string of the molecule is CC1C(=O)C(C)C(C)N(C)C1C. The molecule has 0 aromatic rings. The molecule has 4 unspecified atom stereocenters. The van der Waals surface area contributed by atoms with Crippen molar-refractivity contribution in [2.24, 2.45) is 11.8 Å². The molecule has 2 nitrogen and oxygen atoms in total. The molecule has 1 heterocycles. The molecule has 1 aliphatic heterocycles. The van der Waals surface area contributed by atoms with Gasteiger partial charge in [-0.25, -0.2) is 0 Å². The fourth-order valence-electron chi connectivity index (χ4n) is 1.97. The van der Waals surface area contributed by atoms with Crippen LogP contribution in [-0.2, 0) is 4.79 Å². The Hall–Kier alpha value is -0.370. The summed E-state index contributed by atoms with van der Waals surface area (Å²) < 4.78 is 0. The molecule has 0 aliphatic carbocycles. The van der Waals surface area contributed by atoms with Gasteiger partial charge in [0, 0.05) is 23.9 Å². The first-order valence-corrected chi connectivity index (χ1v) is 4.72. The highest BCUT2D eigenvalue weighted by Crippen LogP contribution is 2.27. The van der Waals surface area contributed by atoms with Crippen molar-refractivity contribution >= 4 is 5.78 Å². The molecule has 0 N–H and O–H groups in total. The average molecular weight is 169 g/mol. The van der Waals surface area contributed by atoms with Crippen molar-refractivity contribution in [2.45, 2.75) is 39.8 Å². The van der Waals surface area contributed by atoms with E-state index in [0.717, 1.165) is 0 Å². The van der Waals surface area contributed by atoms with Crippen LogP contribution in [0.25, 0.3) is 0 Å². The Kier molecular flexibility index (Phi) is 2.57. The molecule has 0 saturated carbocycles. The molecule has 1 aliphatic rings. The van der Waals surface area contributed by atoms with Crippen LogP contribution in [0.1, 0.15) is 27.7 Å². The van der Waals surface area contributed by atoms with Crippen molar-refractivity contribution in [2.75, 3.05) is 7.05 Å². The summed E-state index contributed by atoms with van der Waals surface area (Å²) in [5.74, 6) is 0.815. The molecule has 0 amide bonds. The Bertz CT molecular complexity index is 172. The zero-order valence-corrected chi connectivity index (χ0v) is 8.66. The summed E-state index contributed by atoms with van der Waals surface area (Å²) in [7, 11) is 2.11. The summed E-state index contributed by atoms with van der Waals surface area (Å²) in [4.78, 5) is 14.0. The molecule has 4 atom stereocenters. The van der Waals surface area contributed by atoms with E-state index in [-0.39, 0.29) is 11.8 Å². The van der Waals surface area contributed by atoms with Gasteiger partial charge in [0.25, 0.3) is 0 Å². The van der Waals surface area contributed by atoms with Gasteiger partial charge in [-0.15, -0.1) is 0 Å². The zero-order chi connectivity index (χ0) is 9.46. The number of carbonyl (C=O) groups excluding carboxylic acids is 1. The molecule has 12 heavy (non-hydrogen) atoms. The van der Waals surface area contributed by atoms with Crippen molar-refractivity contribution in [3.63, 3.8) is 0 Å². The number of piperidine rings is 1. The number of ketones is 1. The first-order valence-electron chi connectivity index (χ1n) is 4.72. The molecule has 1 fully saturated rings. The monoisotopic (exact) mass is 169 g/mol. The van der Waals surface area contributed by atoms with Crippen molar-refractivity contribution in [1.82, 2.24) is 4.90 Å². The third-order valence-corrected chi connectivity index (χ3v) is 3.63. The lowest BCUT2D eigenvalue weighted by Crippen LogP contribution is -2.54. The molecule has 1 saturated heterocycles. The van der Waals surface area contributed by atoms with Crippen LogP contribution < -0.4 is 0 Å². The van der Waals surface area contributed by atoms with Crippen LogP contribution in [0.15, 0.2) is 0 Å². The highest BCUT2D eigenvalue weighted by molar-refractivity contribution is 5.84. The highest BCUT2D eigenvalue weighted by Gasteiger charge is 2.38. The summed E-state index contributed by atoms with van der Waals surface area (Å²) >= 11 is 0. The van der Waals surface area contributed by atoms with E-state index in [9.17, 15) is 4.79 Å². The lowest BCUT2D eigenvalue weighted by Gasteiger charge is -2.42. The standard InChI is InChI=1S/C10H19NO/c1-6-8(3)11(5)9(4)7(2)10(6)12/h6-9H,1-5H3. The van der Waals surface area contributed by atoms with E-state index in [2.05, 4.69) is 25.8 Å². The first-order chi connectivity index (χ1) is 5.46. The molecule has 1 rings (SSSR count). The van der Waals surface area contributed by atoms with Crippen molar-refractivity contribution in [3.8, 4) is 0 Å². The van der Waals surface area contributed by atoms with Gasteiger partial charge in [-0.05, 0) is 20.9 Å². The number of Topliss-reactive ketones (excluding diaryl/α,β-unsaturated/α-hetero) is 1. The summed E-state index contributed by atoms with van der Waals surface area (Å²) in [6.45, 7) is 8.33. The third kappa shape index (κ3) is 1.28. The molecular weight excluding hydrogens is 150 g/mol. The highest BCUT2D eigenvalue weighted by atomic mass is 16.1. The summed E-state index contributed by atoms with van der Waals surface area (Å²) in [6.07, 6.45) is 0. The third-order valence-electron chi connectivity index (χ3n) is 3.63. The van der Waals surface area contributed by atoms with Crippen LogP contribution in [0.5, 0.6) is 0 Å². The van der Waals surface area contributed by atoms with Crippen LogP contribution in [0.4, 0.5) is 0 Å². The predicted molar refractivity (Wildman–Crippen MR) is 50.0 cm³/mol. The minimum atomic E-state index is 0.196. The van der Waals surface area contributed by atoms with E-state index in [0.29, 0.717) is 17.9 Å². The molecule has 70 valence electrons. The Morgan fingerprint density at radius 3 is 1.67 bits per heavy atom. The smallest absolute Gasteiger partial charge is 0.141 e. The Morgan fingerprint density at radius 1 is 1.00 bits per heavy atom. The topological polar surface area (TPSA) is 20.3 Å². The maximum Gasteiger partial charge on any atom is 0.141 e. The Labute approximate surface area is 74.9 Å². The Balaban J connectivity index is 2.83. The fraction of sp³-hybridized carbons (Fsp3) is 0.900. The molecule has 0 radical (unpaired) electrons. The van der Waals surface area contributed by atoms with E-state index < -0.39 is 0 Å². The van der Waals surface area contributed by atoms with Crippen LogP contribution in [0, 0.1) is 11.8 Å². The number of likely N-dealkylation sites (tertiary alicyclic amines) is 1. The second-order valence-corrected chi connectivity index (χ2v) is 4.13. The first kappa shape index (κ1) is 9.72. The molecule has 2 heteroatoms. The number of carbonyl (C=O) groups is 1. The minimum absolute atomic E-state index is 0.196. The van der Waals surface area contributed by atoms with Gasteiger partial charge in [0.05, 0.1) is 0 Å². The van der Waals surface area contributed by atoms with Crippen LogP contribution in [-0.4, -0.2) is 29.8 Å². The van der Waals surface area contributed by atoms with Crippen molar-refractivity contribution < 1.29 is 4.79 Å². The lowest BCUT2D eigenvalue weighted by molar-refractivity contribution is -0.135. The summed E-state index contributed by atoms with van der Waals surface area (Å²) in [5, 5.41) is 0. The van der Waals surface area contributed by atoms with Gasteiger partial charge in [0.2, 0.25) is 0 Å². The average Bonchev–Trinajstić information content (AvgIpc) is 2.08. The number of rotatable bonds is 0. The van der Waals surface area contributed by atoms with E-state index in [1.54, 1.807) is 0 Å². The molecule has 0 aromatic carbocycles. The van der Waals surface area contributed by atoms with Crippen molar-refractivity contribution in [1.29, 1.82) is 0 Å². The molecule has 0 aromatic heterocycles. The minimum Gasteiger partial charge on any atom is -0.300 e. The van der Waals surface area contributed by atoms with E-state index in [4.69, 9.17) is 0 Å². The zero-order valence-electron chi connectivity index (χ0n) is 8.66. The van der Waals surface area contributed by atoms with Crippen LogP contribution in [0.2, 0.25) is 0 Å². The maximum absolute atomic E-state index is 11.7. The number of nitrogens with zero attached hydrogens (tertiary/aromatic N) is 1.